The second-order valence-electron chi connectivity index (χ2n) is 4.79. The lowest BCUT2D eigenvalue weighted by molar-refractivity contribution is -0.145. The van der Waals surface area contributed by atoms with Crippen LogP contribution in [0.4, 0.5) is 0 Å². The SMILES string of the molecule is CC(C)NC(=O)COC(=O)C1=Cc2ccccc2OC1. The van der Waals surface area contributed by atoms with Crippen LogP contribution in [0.2, 0.25) is 0 Å². The molecule has 1 amide bonds. The molecule has 5 nitrogen and oxygen atoms in total. The second kappa shape index (κ2) is 6.23. The van der Waals surface area contributed by atoms with Gasteiger partial charge in [-0.05, 0) is 26.0 Å². The van der Waals surface area contributed by atoms with E-state index in [0.717, 1.165) is 11.3 Å². The van der Waals surface area contributed by atoms with Gasteiger partial charge < -0.3 is 14.8 Å². The molecule has 0 saturated heterocycles. The number of rotatable bonds is 4. The molecule has 1 aliphatic rings. The average molecular weight is 275 g/mol. The molecule has 1 aliphatic heterocycles. The Hall–Kier alpha value is -2.30. The number of hydrogen-bond donors (Lipinski definition) is 1. The van der Waals surface area contributed by atoms with E-state index in [9.17, 15) is 9.59 Å². The minimum Gasteiger partial charge on any atom is -0.488 e. The summed E-state index contributed by atoms with van der Waals surface area (Å²) in [4.78, 5) is 23.2. The molecule has 0 fully saturated rings. The maximum absolute atomic E-state index is 11.8. The van der Waals surface area contributed by atoms with E-state index >= 15 is 0 Å². The van der Waals surface area contributed by atoms with Crippen molar-refractivity contribution >= 4 is 18.0 Å². The molecule has 0 atom stereocenters. The first-order valence-corrected chi connectivity index (χ1v) is 6.45. The third kappa shape index (κ3) is 3.60. The van der Waals surface area contributed by atoms with Crippen molar-refractivity contribution in [3.8, 4) is 5.75 Å². The van der Waals surface area contributed by atoms with Gasteiger partial charge >= 0.3 is 5.97 Å². The van der Waals surface area contributed by atoms with Gasteiger partial charge in [-0.3, -0.25) is 4.79 Å². The van der Waals surface area contributed by atoms with E-state index in [1.54, 1.807) is 6.08 Å². The third-order valence-electron chi connectivity index (χ3n) is 2.68. The summed E-state index contributed by atoms with van der Waals surface area (Å²) in [6.45, 7) is 3.56. The molecule has 5 heteroatoms. The predicted octanol–water partition coefficient (Wildman–Crippen LogP) is 1.53. The van der Waals surface area contributed by atoms with Crippen LogP contribution in [-0.2, 0) is 14.3 Å². The monoisotopic (exact) mass is 275 g/mol. The first-order valence-electron chi connectivity index (χ1n) is 6.45. The Labute approximate surface area is 117 Å². The average Bonchev–Trinajstić information content (AvgIpc) is 2.43. The molecule has 0 bridgehead atoms. The van der Waals surface area contributed by atoms with Crippen molar-refractivity contribution in [2.45, 2.75) is 19.9 Å². The van der Waals surface area contributed by atoms with Crippen LogP contribution in [-0.4, -0.2) is 31.1 Å². The fourth-order valence-corrected chi connectivity index (χ4v) is 1.82. The van der Waals surface area contributed by atoms with Crippen LogP contribution >= 0.6 is 0 Å². The van der Waals surface area contributed by atoms with E-state index in [-0.39, 0.29) is 25.2 Å². The minimum absolute atomic E-state index is 0.0188. The van der Waals surface area contributed by atoms with Crippen LogP contribution in [0.15, 0.2) is 29.8 Å². The molecular weight excluding hydrogens is 258 g/mol. The number of esters is 1. The van der Waals surface area contributed by atoms with Crippen LogP contribution in [0.1, 0.15) is 19.4 Å². The van der Waals surface area contributed by atoms with Crippen molar-refractivity contribution in [3.05, 3.63) is 35.4 Å². The first-order chi connectivity index (χ1) is 9.56. The fourth-order valence-electron chi connectivity index (χ4n) is 1.82. The van der Waals surface area contributed by atoms with Crippen molar-refractivity contribution in [2.75, 3.05) is 13.2 Å². The van der Waals surface area contributed by atoms with Crippen molar-refractivity contribution in [3.63, 3.8) is 0 Å². The number of carbonyl (C=O) groups is 2. The van der Waals surface area contributed by atoms with Crippen molar-refractivity contribution in [1.29, 1.82) is 0 Å². The molecule has 0 radical (unpaired) electrons. The molecule has 1 heterocycles. The number of benzene rings is 1. The second-order valence-corrected chi connectivity index (χ2v) is 4.79. The molecule has 0 aromatic heterocycles. The van der Waals surface area contributed by atoms with Gasteiger partial charge in [0, 0.05) is 11.6 Å². The van der Waals surface area contributed by atoms with Gasteiger partial charge in [0.05, 0.1) is 5.57 Å². The minimum atomic E-state index is -0.529. The highest BCUT2D eigenvalue weighted by molar-refractivity contribution is 5.96. The lowest BCUT2D eigenvalue weighted by Gasteiger charge is -2.17. The van der Waals surface area contributed by atoms with Gasteiger partial charge in [0.2, 0.25) is 0 Å². The molecule has 0 spiro atoms. The number of ether oxygens (including phenoxy) is 2. The number of amides is 1. The van der Waals surface area contributed by atoms with Crippen LogP contribution in [0.5, 0.6) is 5.75 Å². The largest absolute Gasteiger partial charge is 0.488 e. The Bertz CT molecular complexity index is 549. The Morgan fingerprint density at radius 2 is 2.10 bits per heavy atom. The van der Waals surface area contributed by atoms with Gasteiger partial charge in [-0.2, -0.15) is 0 Å². The summed E-state index contributed by atoms with van der Waals surface area (Å²) in [7, 11) is 0. The normalized spacial score (nSPS) is 13.1. The Morgan fingerprint density at radius 1 is 1.35 bits per heavy atom. The summed E-state index contributed by atoms with van der Waals surface area (Å²) in [5.41, 5.74) is 1.23. The zero-order valence-corrected chi connectivity index (χ0v) is 11.5. The zero-order valence-electron chi connectivity index (χ0n) is 11.5. The quantitative estimate of drug-likeness (QED) is 0.846. The highest BCUT2D eigenvalue weighted by Crippen LogP contribution is 2.25. The van der Waals surface area contributed by atoms with Gasteiger partial charge in [-0.25, -0.2) is 4.79 Å². The summed E-state index contributed by atoms with van der Waals surface area (Å²) in [6.07, 6.45) is 1.72. The number of hydrogen-bond acceptors (Lipinski definition) is 4. The predicted molar refractivity (Wildman–Crippen MR) is 74.2 cm³/mol. The van der Waals surface area contributed by atoms with Gasteiger partial charge in [-0.15, -0.1) is 0 Å². The Kier molecular flexibility index (Phi) is 4.40. The molecule has 0 unspecified atom stereocenters. The maximum atomic E-state index is 11.8. The fraction of sp³-hybridized carbons (Fsp3) is 0.333. The molecule has 1 aromatic rings. The number of para-hydroxylation sites is 1. The van der Waals surface area contributed by atoms with Crippen LogP contribution in [0.25, 0.3) is 6.08 Å². The van der Waals surface area contributed by atoms with Gasteiger partial charge in [-0.1, -0.05) is 18.2 Å². The van der Waals surface area contributed by atoms with Crippen LogP contribution in [0, 0.1) is 0 Å². The van der Waals surface area contributed by atoms with Crippen molar-refractivity contribution in [2.24, 2.45) is 0 Å². The van der Waals surface area contributed by atoms with E-state index in [0.29, 0.717) is 5.57 Å². The molecule has 2 rings (SSSR count). The summed E-state index contributed by atoms with van der Waals surface area (Å²) < 4.78 is 10.4. The molecule has 1 aromatic carbocycles. The Balaban J connectivity index is 1.94. The van der Waals surface area contributed by atoms with E-state index in [2.05, 4.69) is 5.32 Å². The molecule has 106 valence electrons. The summed E-state index contributed by atoms with van der Waals surface area (Å²) in [6, 6.07) is 7.44. The van der Waals surface area contributed by atoms with Crippen molar-refractivity contribution < 1.29 is 19.1 Å². The van der Waals surface area contributed by atoms with E-state index < -0.39 is 5.97 Å². The van der Waals surface area contributed by atoms with E-state index in [1.165, 1.54) is 0 Å². The topological polar surface area (TPSA) is 64.6 Å². The Morgan fingerprint density at radius 3 is 2.85 bits per heavy atom. The molecule has 0 saturated carbocycles. The number of carbonyl (C=O) groups excluding carboxylic acids is 2. The highest BCUT2D eigenvalue weighted by atomic mass is 16.5. The summed E-state index contributed by atoms with van der Waals surface area (Å²) in [5.74, 6) is -0.105. The molecular formula is C15H17NO4. The molecule has 1 N–H and O–H groups in total. The number of fused-ring (bicyclic) bond motifs is 1. The smallest absolute Gasteiger partial charge is 0.338 e. The third-order valence-corrected chi connectivity index (χ3v) is 2.68. The lowest BCUT2D eigenvalue weighted by atomic mass is 10.1. The summed E-state index contributed by atoms with van der Waals surface area (Å²) in [5, 5.41) is 2.65. The van der Waals surface area contributed by atoms with Crippen LogP contribution < -0.4 is 10.1 Å². The van der Waals surface area contributed by atoms with Crippen LogP contribution in [0.3, 0.4) is 0 Å². The van der Waals surface area contributed by atoms with Crippen molar-refractivity contribution in [1.82, 2.24) is 5.32 Å². The summed E-state index contributed by atoms with van der Waals surface area (Å²) >= 11 is 0. The molecule has 20 heavy (non-hydrogen) atoms. The maximum Gasteiger partial charge on any atom is 0.338 e. The highest BCUT2D eigenvalue weighted by Gasteiger charge is 2.19. The van der Waals surface area contributed by atoms with Gasteiger partial charge in [0.1, 0.15) is 12.4 Å². The van der Waals surface area contributed by atoms with E-state index in [1.807, 2.05) is 38.1 Å². The van der Waals surface area contributed by atoms with Gasteiger partial charge in [0.15, 0.2) is 6.61 Å². The zero-order chi connectivity index (χ0) is 14.5. The van der Waals surface area contributed by atoms with E-state index in [4.69, 9.17) is 9.47 Å². The standard InChI is InChI=1S/C15H17NO4/c1-10(2)16-14(17)9-20-15(18)12-7-11-5-3-4-6-13(11)19-8-12/h3-7,10H,8-9H2,1-2H3,(H,16,17). The number of nitrogens with one attached hydrogen (secondary N) is 1. The lowest BCUT2D eigenvalue weighted by Crippen LogP contribution is -2.34. The van der Waals surface area contributed by atoms with Gasteiger partial charge in [0.25, 0.3) is 5.91 Å². The molecule has 0 aliphatic carbocycles. The first kappa shape index (κ1) is 14.1.